The molecular formula is C27H32Cl2N2O. The zero-order valence-corrected chi connectivity index (χ0v) is 20.3. The lowest BCUT2D eigenvalue weighted by atomic mass is 10.0. The van der Waals surface area contributed by atoms with Gasteiger partial charge in [0.1, 0.15) is 0 Å². The highest BCUT2D eigenvalue weighted by atomic mass is 35.5. The molecule has 0 bridgehead atoms. The van der Waals surface area contributed by atoms with E-state index in [0.717, 1.165) is 29.3 Å². The van der Waals surface area contributed by atoms with Crippen LogP contribution in [0.5, 0.6) is 0 Å². The van der Waals surface area contributed by atoms with Crippen molar-refractivity contribution >= 4 is 40.0 Å². The molecule has 3 aromatic rings. The molecule has 1 N–H and O–H groups in total. The molecule has 0 spiro atoms. The van der Waals surface area contributed by atoms with E-state index in [0.29, 0.717) is 27.8 Å². The van der Waals surface area contributed by atoms with Gasteiger partial charge in [-0.3, -0.25) is 4.79 Å². The minimum atomic E-state index is -0.0745. The second-order valence-corrected chi connectivity index (χ2v) is 9.12. The Morgan fingerprint density at radius 2 is 1.56 bits per heavy atom. The van der Waals surface area contributed by atoms with Gasteiger partial charge in [0.15, 0.2) is 0 Å². The van der Waals surface area contributed by atoms with E-state index in [4.69, 9.17) is 28.2 Å². The van der Waals surface area contributed by atoms with Crippen LogP contribution in [0.4, 0.5) is 0 Å². The molecule has 32 heavy (non-hydrogen) atoms. The van der Waals surface area contributed by atoms with Gasteiger partial charge in [-0.05, 0) is 36.8 Å². The lowest BCUT2D eigenvalue weighted by Crippen LogP contribution is -2.24. The number of carbonyl (C=O) groups excluding carboxylic acids is 1. The molecule has 1 aromatic heterocycles. The van der Waals surface area contributed by atoms with Crippen LogP contribution in [0.2, 0.25) is 10.0 Å². The second kappa shape index (κ2) is 12.8. The van der Waals surface area contributed by atoms with E-state index in [9.17, 15) is 4.79 Å². The fourth-order valence-electron chi connectivity index (χ4n) is 3.93. The van der Waals surface area contributed by atoms with Crippen LogP contribution in [0.3, 0.4) is 0 Å². The van der Waals surface area contributed by atoms with Crippen LogP contribution in [0.1, 0.15) is 75.1 Å². The lowest BCUT2D eigenvalue weighted by Gasteiger charge is -2.12. The number of rotatable bonds is 12. The Morgan fingerprint density at radius 3 is 2.28 bits per heavy atom. The predicted octanol–water partition coefficient (Wildman–Crippen LogP) is 8.47. The third-order valence-corrected chi connectivity index (χ3v) is 6.28. The van der Waals surface area contributed by atoms with Crippen molar-refractivity contribution in [3.63, 3.8) is 0 Å². The van der Waals surface area contributed by atoms with E-state index >= 15 is 0 Å². The normalized spacial score (nSPS) is 11.1. The van der Waals surface area contributed by atoms with E-state index in [1.165, 1.54) is 44.9 Å². The average molecular weight is 471 g/mol. The molecule has 0 aliphatic rings. The highest BCUT2D eigenvalue weighted by molar-refractivity contribution is 6.36. The third-order valence-electron chi connectivity index (χ3n) is 5.73. The minimum absolute atomic E-state index is 0.0745. The number of para-hydroxylation sites is 1. The number of nitrogens with one attached hydrogen (secondary N) is 1. The molecule has 0 radical (unpaired) electrons. The SMILES string of the molecule is CCCCCCCCCCCNC(=O)c1cc(-c2ccc(Cl)cc2Cl)nc2ccccc12. The van der Waals surface area contributed by atoms with Crippen LogP contribution >= 0.6 is 23.2 Å². The molecular weight excluding hydrogens is 439 g/mol. The van der Waals surface area contributed by atoms with Gasteiger partial charge in [-0.25, -0.2) is 4.98 Å². The molecule has 0 aliphatic carbocycles. The number of pyridine rings is 1. The summed E-state index contributed by atoms with van der Waals surface area (Å²) in [7, 11) is 0. The molecule has 1 amide bonds. The monoisotopic (exact) mass is 470 g/mol. The molecule has 2 aromatic carbocycles. The second-order valence-electron chi connectivity index (χ2n) is 8.28. The van der Waals surface area contributed by atoms with Gasteiger partial charge in [0.2, 0.25) is 0 Å². The van der Waals surface area contributed by atoms with Crippen molar-refractivity contribution in [2.75, 3.05) is 6.54 Å². The van der Waals surface area contributed by atoms with Crippen molar-refractivity contribution < 1.29 is 4.79 Å². The summed E-state index contributed by atoms with van der Waals surface area (Å²) in [4.78, 5) is 17.8. The Bertz CT molecular complexity index is 1040. The maximum atomic E-state index is 13.0. The van der Waals surface area contributed by atoms with Crippen LogP contribution in [-0.4, -0.2) is 17.4 Å². The fraction of sp³-hybridized carbons (Fsp3) is 0.407. The van der Waals surface area contributed by atoms with Crippen molar-refractivity contribution in [3.8, 4) is 11.3 Å². The van der Waals surface area contributed by atoms with Gasteiger partial charge in [-0.15, -0.1) is 0 Å². The Balaban J connectivity index is 1.61. The van der Waals surface area contributed by atoms with Gasteiger partial charge in [0, 0.05) is 22.5 Å². The van der Waals surface area contributed by atoms with Gasteiger partial charge >= 0.3 is 0 Å². The van der Waals surface area contributed by atoms with Gasteiger partial charge in [0.25, 0.3) is 5.91 Å². The van der Waals surface area contributed by atoms with Crippen LogP contribution in [0.15, 0.2) is 48.5 Å². The molecule has 3 rings (SSSR count). The van der Waals surface area contributed by atoms with E-state index in [1.54, 1.807) is 12.1 Å². The van der Waals surface area contributed by atoms with Gasteiger partial charge in [-0.1, -0.05) is 99.7 Å². The maximum absolute atomic E-state index is 13.0. The molecule has 5 heteroatoms. The summed E-state index contributed by atoms with van der Waals surface area (Å²) in [5.74, 6) is -0.0745. The number of unbranched alkanes of at least 4 members (excludes halogenated alkanes) is 8. The third kappa shape index (κ3) is 6.95. The summed E-state index contributed by atoms with van der Waals surface area (Å²) in [5.41, 5.74) is 2.81. The number of benzene rings is 2. The van der Waals surface area contributed by atoms with Gasteiger partial charge < -0.3 is 5.32 Å². The maximum Gasteiger partial charge on any atom is 0.252 e. The first kappa shape index (κ1) is 24.5. The molecule has 0 saturated heterocycles. The first-order valence-electron chi connectivity index (χ1n) is 11.7. The zero-order chi connectivity index (χ0) is 22.8. The fourth-order valence-corrected chi connectivity index (χ4v) is 4.44. The van der Waals surface area contributed by atoms with Crippen molar-refractivity contribution in [1.29, 1.82) is 0 Å². The zero-order valence-electron chi connectivity index (χ0n) is 18.8. The van der Waals surface area contributed by atoms with Crippen LogP contribution in [0.25, 0.3) is 22.2 Å². The molecule has 0 fully saturated rings. The van der Waals surface area contributed by atoms with Gasteiger partial charge in [0.05, 0.1) is 21.8 Å². The van der Waals surface area contributed by atoms with Crippen molar-refractivity contribution in [1.82, 2.24) is 10.3 Å². The number of nitrogens with zero attached hydrogens (tertiary/aromatic N) is 1. The number of carbonyl (C=O) groups is 1. The van der Waals surface area contributed by atoms with E-state index in [1.807, 2.05) is 36.4 Å². The molecule has 170 valence electrons. The summed E-state index contributed by atoms with van der Waals surface area (Å²) in [6, 6.07) is 14.8. The van der Waals surface area contributed by atoms with E-state index in [-0.39, 0.29) is 5.91 Å². The highest BCUT2D eigenvalue weighted by Gasteiger charge is 2.15. The molecule has 1 heterocycles. The van der Waals surface area contributed by atoms with Crippen LogP contribution in [-0.2, 0) is 0 Å². The molecule has 3 nitrogen and oxygen atoms in total. The standard InChI is InChI=1S/C27H32Cl2N2O/c1-2-3-4-5-6-7-8-9-12-17-30-27(32)23-19-26(22-16-15-20(28)18-24(22)29)31-25-14-11-10-13-21(23)25/h10-11,13-16,18-19H,2-9,12,17H2,1H3,(H,30,32). The van der Waals surface area contributed by atoms with E-state index in [2.05, 4.69) is 12.2 Å². The summed E-state index contributed by atoms with van der Waals surface area (Å²) in [6.07, 6.45) is 11.3. The summed E-state index contributed by atoms with van der Waals surface area (Å²) < 4.78 is 0. The Hall–Kier alpha value is -2.10. The molecule has 0 atom stereocenters. The van der Waals surface area contributed by atoms with Crippen molar-refractivity contribution in [2.45, 2.75) is 64.7 Å². The summed E-state index contributed by atoms with van der Waals surface area (Å²) >= 11 is 12.4. The van der Waals surface area contributed by atoms with Crippen molar-refractivity contribution in [3.05, 3.63) is 64.1 Å². The number of fused-ring (bicyclic) bond motifs is 1. The predicted molar refractivity (Wildman–Crippen MR) is 137 cm³/mol. The summed E-state index contributed by atoms with van der Waals surface area (Å²) in [5, 5.41) is 5.01. The molecule has 0 aliphatic heterocycles. The highest BCUT2D eigenvalue weighted by Crippen LogP contribution is 2.31. The Labute approximate surface area is 201 Å². The largest absolute Gasteiger partial charge is 0.352 e. The summed E-state index contributed by atoms with van der Waals surface area (Å²) in [6.45, 7) is 2.93. The molecule has 0 saturated carbocycles. The van der Waals surface area contributed by atoms with Crippen molar-refractivity contribution in [2.24, 2.45) is 0 Å². The number of hydrogen-bond acceptors (Lipinski definition) is 2. The van der Waals surface area contributed by atoms with Gasteiger partial charge in [-0.2, -0.15) is 0 Å². The molecule has 0 unspecified atom stereocenters. The number of aromatic nitrogens is 1. The first-order chi connectivity index (χ1) is 15.6. The minimum Gasteiger partial charge on any atom is -0.352 e. The lowest BCUT2D eigenvalue weighted by molar-refractivity contribution is 0.0954. The first-order valence-corrected chi connectivity index (χ1v) is 12.5. The number of halogens is 2. The quantitative estimate of drug-likeness (QED) is 0.269. The van der Waals surface area contributed by atoms with E-state index < -0.39 is 0 Å². The number of hydrogen-bond donors (Lipinski definition) is 1. The smallest absolute Gasteiger partial charge is 0.252 e. The number of amides is 1. The Kier molecular flexibility index (Phi) is 9.83. The van der Waals surface area contributed by atoms with Crippen LogP contribution in [0, 0.1) is 0 Å². The topological polar surface area (TPSA) is 42.0 Å². The van der Waals surface area contributed by atoms with Crippen LogP contribution < -0.4 is 5.32 Å². The Morgan fingerprint density at radius 1 is 0.875 bits per heavy atom. The average Bonchev–Trinajstić information content (AvgIpc) is 2.79.